The second-order valence-corrected chi connectivity index (χ2v) is 10.2. The van der Waals surface area contributed by atoms with E-state index >= 15 is 0 Å². The van der Waals surface area contributed by atoms with Gasteiger partial charge in [0, 0.05) is 18.8 Å². The van der Waals surface area contributed by atoms with Crippen molar-refractivity contribution in [1.29, 1.82) is 0 Å². The molecule has 0 aliphatic heterocycles. The van der Waals surface area contributed by atoms with Crippen molar-refractivity contribution in [2.24, 2.45) is 5.92 Å². The van der Waals surface area contributed by atoms with Crippen LogP contribution in [0.2, 0.25) is 0 Å². The van der Waals surface area contributed by atoms with E-state index in [9.17, 15) is 8.42 Å². The molecule has 0 unspecified atom stereocenters. The summed E-state index contributed by atoms with van der Waals surface area (Å²) in [5.41, 5.74) is 1.41. The first-order valence-corrected chi connectivity index (χ1v) is 10.1. The van der Waals surface area contributed by atoms with Crippen LogP contribution < -0.4 is 5.32 Å². The maximum absolute atomic E-state index is 11.8. The Morgan fingerprint density at radius 3 is 2.36 bits per heavy atom. The van der Waals surface area contributed by atoms with Crippen LogP contribution in [0.15, 0.2) is 30.3 Å². The van der Waals surface area contributed by atoms with Gasteiger partial charge in [0.2, 0.25) is 0 Å². The third-order valence-corrected chi connectivity index (χ3v) is 7.19. The van der Waals surface area contributed by atoms with Gasteiger partial charge in [-0.15, -0.1) is 0 Å². The summed E-state index contributed by atoms with van der Waals surface area (Å²) in [4.78, 5) is 0. The monoisotopic (exact) mass is 323 g/mol. The van der Waals surface area contributed by atoms with Crippen molar-refractivity contribution >= 4 is 9.84 Å². The second kappa shape index (κ2) is 6.71. The van der Waals surface area contributed by atoms with Crippen molar-refractivity contribution in [1.82, 2.24) is 5.32 Å². The van der Waals surface area contributed by atoms with Gasteiger partial charge >= 0.3 is 0 Å². The normalized spacial score (nSPS) is 26.8. The van der Waals surface area contributed by atoms with Crippen LogP contribution in [-0.4, -0.2) is 32.0 Å². The number of hydrogen-bond donors (Lipinski definition) is 1. The largest absolute Gasteiger partial charge is 0.312 e. The van der Waals surface area contributed by atoms with E-state index in [1.54, 1.807) is 13.8 Å². The second-order valence-electron chi connectivity index (χ2n) is 7.53. The molecule has 3 nitrogen and oxygen atoms in total. The Hall–Kier alpha value is -0.870. The lowest BCUT2D eigenvalue weighted by Gasteiger charge is -2.36. The van der Waals surface area contributed by atoms with Crippen LogP contribution in [-0.2, 0) is 9.84 Å². The molecule has 1 saturated carbocycles. The van der Waals surface area contributed by atoms with Gasteiger partial charge in [0.25, 0.3) is 0 Å². The smallest absolute Gasteiger partial charge is 0.153 e. The zero-order valence-electron chi connectivity index (χ0n) is 14.2. The minimum absolute atomic E-state index is 0.398. The summed E-state index contributed by atoms with van der Waals surface area (Å²) in [7, 11) is -3.04. The van der Waals surface area contributed by atoms with E-state index in [4.69, 9.17) is 0 Å². The highest BCUT2D eigenvalue weighted by Gasteiger charge is 2.33. The molecule has 1 aliphatic carbocycles. The summed E-state index contributed by atoms with van der Waals surface area (Å²) in [6, 6.07) is 11.1. The van der Waals surface area contributed by atoms with Gasteiger partial charge in [-0.3, -0.25) is 0 Å². The Bertz CT molecular complexity index is 580. The molecule has 1 fully saturated rings. The SMILES string of the molecule is C[C@@H]1C[C@@H](NCC(C)(C)S(C)(=O)=O)C[C@H](c2ccccc2)C1. The van der Waals surface area contributed by atoms with Gasteiger partial charge in [-0.25, -0.2) is 8.42 Å². The summed E-state index contributed by atoms with van der Waals surface area (Å²) < 4.78 is 23.0. The molecule has 1 aromatic carbocycles. The Balaban J connectivity index is 2.00. The number of nitrogens with one attached hydrogen (secondary N) is 1. The molecule has 1 N–H and O–H groups in total. The zero-order valence-corrected chi connectivity index (χ0v) is 15.0. The lowest BCUT2D eigenvalue weighted by molar-refractivity contribution is 0.268. The third-order valence-electron chi connectivity index (χ3n) is 5.03. The van der Waals surface area contributed by atoms with Crippen LogP contribution in [0.1, 0.15) is 51.5 Å². The Morgan fingerprint density at radius 1 is 1.14 bits per heavy atom. The van der Waals surface area contributed by atoms with Gasteiger partial charge in [-0.2, -0.15) is 0 Å². The van der Waals surface area contributed by atoms with Crippen molar-refractivity contribution in [3.05, 3.63) is 35.9 Å². The van der Waals surface area contributed by atoms with Crippen molar-refractivity contribution in [2.45, 2.75) is 56.7 Å². The van der Waals surface area contributed by atoms with Crippen LogP contribution in [0.3, 0.4) is 0 Å². The Kier molecular flexibility index (Phi) is 5.33. The molecule has 0 spiro atoms. The Labute approximate surface area is 135 Å². The Morgan fingerprint density at radius 2 is 1.77 bits per heavy atom. The molecule has 0 radical (unpaired) electrons. The van der Waals surface area contributed by atoms with Gasteiger partial charge in [0.15, 0.2) is 9.84 Å². The predicted molar refractivity (Wildman–Crippen MR) is 92.9 cm³/mol. The average Bonchev–Trinajstić information content (AvgIpc) is 2.44. The number of benzene rings is 1. The first-order chi connectivity index (χ1) is 10.2. The van der Waals surface area contributed by atoms with Gasteiger partial charge < -0.3 is 5.32 Å². The molecule has 0 amide bonds. The third kappa shape index (κ3) is 4.32. The number of rotatable bonds is 5. The molecule has 0 aromatic heterocycles. The van der Waals surface area contributed by atoms with Crippen LogP contribution in [0.4, 0.5) is 0 Å². The summed E-state index contributed by atoms with van der Waals surface area (Å²) in [5, 5.41) is 3.52. The minimum Gasteiger partial charge on any atom is -0.312 e. The standard InChI is InChI=1S/C18H29NO2S/c1-14-10-16(15-8-6-5-7-9-15)12-17(11-14)19-13-18(2,3)22(4,20)21/h5-9,14,16-17,19H,10-13H2,1-4H3/t14-,16+,17+/m0/s1. The molecule has 124 valence electrons. The maximum Gasteiger partial charge on any atom is 0.153 e. The van der Waals surface area contributed by atoms with E-state index in [1.165, 1.54) is 18.2 Å². The van der Waals surface area contributed by atoms with Gasteiger partial charge in [0.1, 0.15) is 0 Å². The molecule has 22 heavy (non-hydrogen) atoms. The summed E-state index contributed by atoms with van der Waals surface area (Å²) in [5.74, 6) is 1.24. The van der Waals surface area contributed by atoms with E-state index in [2.05, 4.69) is 42.6 Å². The first kappa shape index (κ1) is 17.5. The lowest BCUT2D eigenvalue weighted by atomic mass is 9.76. The van der Waals surface area contributed by atoms with E-state index in [1.807, 2.05) is 0 Å². The number of hydrogen-bond acceptors (Lipinski definition) is 3. The lowest BCUT2D eigenvalue weighted by Crippen LogP contribution is -2.47. The molecular formula is C18H29NO2S. The summed E-state index contributed by atoms with van der Waals surface area (Å²) in [6.07, 6.45) is 4.76. The van der Waals surface area contributed by atoms with E-state index in [0.717, 1.165) is 12.8 Å². The van der Waals surface area contributed by atoms with Crippen molar-refractivity contribution < 1.29 is 8.42 Å². The molecule has 1 aliphatic rings. The van der Waals surface area contributed by atoms with Gasteiger partial charge in [0.05, 0.1) is 4.75 Å². The molecule has 1 aromatic rings. The van der Waals surface area contributed by atoms with E-state index in [0.29, 0.717) is 24.4 Å². The van der Waals surface area contributed by atoms with E-state index in [-0.39, 0.29) is 0 Å². The predicted octanol–water partition coefficient (Wildman–Crippen LogP) is 3.37. The fourth-order valence-electron chi connectivity index (χ4n) is 3.29. The molecule has 0 bridgehead atoms. The quantitative estimate of drug-likeness (QED) is 0.903. The van der Waals surface area contributed by atoms with Crippen LogP contribution in [0, 0.1) is 5.92 Å². The van der Waals surface area contributed by atoms with Crippen molar-refractivity contribution in [2.75, 3.05) is 12.8 Å². The average molecular weight is 324 g/mol. The highest BCUT2D eigenvalue weighted by atomic mass is 32.2. The van der Waals surface area contributed by atoms with E-state index < -0.39 is 14.6 Å². The molecular weight excluding hydrogens is 294 g/mol. The topological polar surface area (TPSA) is 46.2 Å². The first-order valence-electron chi connectivity index (χ1n) is 8.17. The molecule has 4 heteroatoms. The summed E-state index contributed by atoms with van der Waals surface area (Å²) >= 11 is 0. The fourth-order valence-corrected chi connectivity index (χ4v) is 3.63. The van der Waals surface area contributed by atoms with Crippen molar-refractivity contribution in [3.63, 3.8) is 0 Å². The van der Waals surface area contributed by atoms with Gasteiger partial charge in [-0.1, -0.05) is 37.3 Å². The van der Waals surface area contributed by atoms with Crippen LogP contribution in [0.5, 0.6) is 0 Å². The highest BCUT2D eigenvalue weighted by Crippen LogP contribution is 2.36. The molecule has 0 heterocycles. The summed E-state index contributed by atoms with van der Waals surface area (Å²) in [6.45, 7) is 6.42. The van der Waals surface area contributed by atoms with Gasteiger partial charge in [-0.05, 0) is 50.5 Å². The molecule has 3 atom stereocenters. The maximum atomic E-state index is 11.8. The fraction of sp³-hybridized carbons (Fsp3) is 0.667. The number of sulfone groups is 1. The minimum atomic E-state index is -3.04. The highest BCUT2D eigenvalue weighted by molar-refractivity contribution is 7.92. The molecule has 0 saturated heterocycles. The molecule has 2 rings (SSSR count). The van der Waals surface area contributed by atoms with Crippen molar-refractivity contribution in [3.8, 4) is 0 Å². The zero-order chi connectivity index (χ0) is 16.4. The van der Waals surface area contributed by atoms with Crippen LogP contribution >= 0.6 is 0 Å². The van der Waals surface area contributed by atoms with Crippen LogP contribution in [0.25, 0.3) is 0 Å².